The predicted octanol–water partition coefficient (Wildman–Crippen LogP) is 2.16. The number of halogens is 1. The minimum atomic E-state index is -3.61. The average molecular weight is 333 g/mol. The summed E-state index contributed by atoms with van der Waals surface area (Å²) in [5.41, 5.74) is 6.70. The number of rotatable bonds is 4. The first-order valence-electron chi connectivity index (χ1n) is 7.06. The Labute approximate surface area is 130 Å². The van der Waals surface area contributed by atoms with E-state index in [1.807, 2.05) is 0 Å². The summed E-state index contributed by atoms with van der Waals surface area (Å²) in [6.07, 6.45) is 3.06. The number of aliphatic hydroxyl groups excluding tert-OH is 1. The molecule has 1 fully saturated rings. The summed E-state index contributed by atoms with van der Waals surface area (Å²) in [5.74, 6) is 0. The molecule has 118 valence electrons. The number of hydrogen-bond donors (Lipinski definition) is 2. The van der Waals surface area contributed by atoms with Gasteiger partial charge < -0.3 is 10.8 Å². The smallest absolute Gasteiger partial charge is 0.243 e. The van der Waals surface area contributed by atoms with Gasteiger partial charge in [-0.25, -0.2) is 8.42 Å². The molecule has 0 saturated carbocycles. The molecule has 5 nitrogen and oxygen atoms in total. The van der Waals surface area contributed by atoms with Crippen LogP contribution in [0.1, 0.15) is 31.2 Å². The summed E-state index contributed by atoms with van der Waals surface area (Å²) in [4.78, 5) is 0.173. The quantitative estimate of drug-likeness (QED) is 0.827. The van der Waals surface area contributed by atoms with Gasteiger partial charge in [0.05, 0.1) is 15.6 Å². The molecule has 1 saturated heterocycles. The van der Waals surface area contributed by atoms with Gasteiger partial charge in [-0.2, -0.15) is 4.31 Å². The molecule has 3 N–H and O–H groups in total. The van der Waals surface area contributed by atoms with E-state index in [0.29, 0.717) is 23.6 Å². The van der Waals surface area contributed by atoms with E-state index in [1.165, 1.54) is 10.4 Å². The van der Waals surface area contributed by atoms with Crippen LogP contribution in [0.5, 0.6) is 0 Å². The van der Waals surface area contributed by atoms with Crippen LogP contribution in [-0.2, 0) is 10.0 Å². The molecular formula is C14H21ClN2O3S. The maximum Gasteiger partial charge on any atom is 0.243 e. The van der Waals surface area contributed by atoms with Gasteiger partial charge in [-0.05, 0) is 43.9 Å². The van der Waals surface area contributed by atoms with Crippen LogP contribution in [0.15, 0.2) is 17.0 Å². The monoisotopic (exact) mass is 332 g/mol. The lowest BCUT2D eigenvalue weighted by Crippen LogP contribution is -2.44. The molecule has 1 atom stereocenters. The van der Waals surface area contributed by atoms with E-state index in [0.717, 1.165) is 19.3 Å². The summed E-state index contributed by atoms with van der Waals surface area (Å²) >= 11 is 6.00. The van der Waals surface area contributed by atoms with E-state index in [2.05, 4.69) is 0 Å². The zero-order valence-electron chi connectivity index (χ0n) is 12.0. The number of aliphatic hydroxyl groups is 1. The first-order chi connectivity index (χ1) is 9.87. The van der Waals surface area contributed by atoms with Gasteiger partial charge in [-0.3, -0.25) is 0 Å². The van der Waals surface area contributed by atoms with Crippen molar-refractivity contribution in [3.05, 3.63) is 22.7 Å². The zero-order chi connectivity index (χ0) is 15.6. The molecule has 0 bridgehead atoms. The molecule has 7 heteroatoms. The summed E-state index contributed by atoms with van der Waals surface area (Å²) in [6.45, 7) is 2.20. The zero-order valence-corrected chi connectivity index (χ0v) is 13.6. The van der Waals surface area contributed by atoms with Crippen molar-refractivity contribution in [2.45, 2.75) is 43.5 Å². The van der Waals surface area contributed by atoms with Gasteiger partial charge in [0.1, 0.15) is 0 Å². The van der Waals surface area contributed by atoms with E-state index in [9.17, 15) is 8.42 Å². The Morgan fingerprint density at radius 1 is 1.43 bits per heavy atom. The molecule has 0 aliphatic carbocycles. The van der Waals surface area contributed by atoms with Gasteiger partial charge in [-0.15, -0.1) is 0 Å². The largest absolute Gasteiger partial charge is 0.397 e. The highest BCUT2D eigenvalue weighted by molar-refractivity contribution is 7.89. The topological polar surface area (TPSA) is 83.6 Å². The maximum absolute atomic E-state index is 12.8. The molecule has 2 rings (SSSR count). The van der Waals surface area contributed by atoms with Crippen LogP contribution in [0.2, 0.25) is 5.02 Å². The van der Waals surface area contributed by atoms with Gasteiger partial charge in [0.25, 0.3) is 0 Å². The summed E-state index contributed by atoms with van der Waals surface area (Å²) in [6, 6.07) is 2.82. The van der Waals surface area contributed by atoms with Crippen LogP contribution in [0.25, 0.3) is 0 Å². The third-order valence-electron chi connectivity index (χ3n) is 3.90. The lowest BCUT2D eigenvalue weighted by molar-refractivity contribution is 0.192. The van der Waals surface area contributed by atoms with Crippen molar-refractivity contribution < 1.29 is 13.5 Å². The molecule has 1 aromatic carbocycles. The average Bonchev–Trinajstić information content (AvgIpc) is 2.45. The Bertz CT molecular complexity index is 594. The number of nitrogens with zero attached hydrogens (tertiary/aromatic N) is 1. The highest BCUT2D eigenvalue weighted by atomic mass is 35.5. The molecule has 1 aliphatic rings. The fraction of sp³-hybridized carbons (Fsp3) is 0.571. The third-order valence-corrected chi connectivity index (χ3v) is 6.34. The van der Waals surface area contributed by atoms with Crippen molar-refractivity contribution in [1.82, 2.24) is 4.31 Å². The highest BCUT2D eigenvalue weighted by Gasteiger charge is 2.33. The number of nitrogen functional groups attached to an aromatic ring is 1. The van der Waals surface area contributed by atoms with Crippen molar-refractivity contribution in [3.8, 4) is 0 Å². The van der Waals surface area contributed by atoms with Crippen LogP contribution in [0.4, 0.5) is 5.69 Å². The normalized spacial score (nSPS) is 20.6. The van der Waals surface area contributed by atoms with Gasteiger partial charge in [-0.1, -0.05) is 18.0 Å². The SMILES string of the molecule is Cc1cc(S(=O)(=O)N2CCCCC2CCO)cc(N)c1Cl. The van der Waals surface area contributed by atoms with Gasteiger partial charge in [0, 0.05) is 19.2 Å². The Hall–Kier alpha value is -0.820. The summed E-state index contributed by atoms with van der Waals surface area (Å²) < 4.78 is 27.2. The molecule has 0 amide bonds. The standard InChI is InChI=1S/C14H21ClN2O3S/c1-10-8-12(9-13(16)14(10)15)21(19,20)17-6-3-2-4-11(17)5-7-18/h8-9,11,18H,2-7,16H2,1H3. The first-order valence-corrected chi connectivity index (χ1v) is 8.88. The molecule has 21 heavy (non-hydrogen) atoms. The van der Waals surface area contributed by atoms with Crippen LogP contribution >= 0.6 is 11.6 Å². The maximum atomic E-state index is 12.8. The van der Waals surface area contributed by atoms with Crippen LogP contribution in [-0.4, -0.2) is 37.0 Å². The van der Waals surface area contributed by atoms with Crippen molar-refractivity contribution in [3.63, 3.8) is 0 Å². The number of nitrogens with two attached hydrogens (primary N) is 1. The van der Waals surface area contributed by atoms with Crippen molar-refractivity contribution in [2.24, 2.45) is 0 Å². The summed E-state index contributed by atoms with van der Waals surface area (Å²) in [5, 5.41) is 9.53. The van der Waals surface area contributed by atoms with E-state index in [-0.39, 0.29) is 23.2 Å². The van der Waals surface area contributed by atoms with Gasteiger partial charge in [0.2, 0.25) is 10.0 Å². The van der Waals surface area contributed by atoms with Crippen LogP contribution < -0.4 is 5.73 Å². The van der Waals surface area contributed by atoms with Crippen LogP contribution in [0.3, 0.4) is 0 Å². The molecule has 1 aliphatic heterocycles. The highest BCUT2D eigenvalue weighted by Crippen LogP contribution is 2.31. The summed E-state index contributed by atoms with van der Waals surface area (Å²) in [7, 11) is -3.61. The third kappa shape index (κ3) is 3.34. The van der Waals surface area contributed by atoms with E-state index < -0.39 is 10.0 Å². The minimum Gasteiger partial charge on any atom is -0.397 e. The Morgan fingerprint density at radius 3 is 2.76 bits per heavy atom. The molecule has 0 radical (unpaired) electrons. The van der Waals surface area contributed by atoms with Crippen molar-refractivity contribution in [1.29, 1.82) is 0 Å². The number of sulfonamides is 1. The first kappa shape index (κ1) is 16.5. The second kappa shape index (κ2) is 6.52. The minimum absolute atomic E-state index is 0.0154. The molecular weight excluding hydrogens is 312 g/mol. The molecule has 1 heterocycles. The molecule has 0 spiro atoms. The second-order valence-electron chi connectivity index (χ2n) is 5.42. The second-order valence-corrected chi connectivity index (χ2v) is 7.69. The Kier molecular flexibility index (Phi) is 5.14. The van der Waals surface area contributed by atoms with Gasteiger partial charge >= 0.3 is 0 Å². The molecule has 1 unspecified atom stereocenters. The fourth-order valence-corrected chi connectivity index (χ4v) is 4.73. The molecule has 1 aromatic rings. The fourth-order valence-electron chi connectivity index (χ4n) is 2.77. The van der Waals surface area contributed by atoms with E-state index >= 15 is 0 Å². The number of hydrogen-bond acceptors (Lipinski definition) is 4. The van der Waals surface area contributed by atoms with E-state index in [1.54, 1.807) is 13.0 Å². The number of anilines is 1. The van der Waals surface area contributed by atoms with Crippen molar-refractivity contribution in [2.75, 3.05) is 18.9 Å². The number of benzene rings is 1. The van der Waals surface area contributed by atoms with Crippen molar-refractivity contribution >= 4 is 27.3 Å². The Balaban J connectivity index is 2.40. The molecule has 0 aromatic heterocycles. The number of piperidine rings is 1. The Morgan fingerprint density at radius 2 is 2.14 bits per heavy atom. The lowest BCUT2D eigenvalue weighted by atomic mass is 10.0. The van der Waals surface area contributed by atoms with Gasteiger partial charge in [0.15, 0.2) is 0 Å². The van der Waals surface area contributed by atoms with Crippen LogP contribution in [0, 0.1) is 6.92 Å². The van der Waals surface area contributed by atoms with E-state index in [4.69, 9.17) is 22.4 Å². The predicted molar refractivity (Wildman–Crippen MR) is 83.8 cm³/mol. The number of aryl methyl sites for hydroxylation is 1. The lowest BCUT2D eigenvalue weighted by Gasteiger charge is -2.34.